The zero-order valence-corrected chi connectivity index (χ0v) is 33.1. The summed E-state index contributed by atoms with van der Waals surface area (Å²) < 4.78 is 0. The van der Waals surface area contributed by atoms with Crippen LogP contribution in [0.25, 0.3) is 28.0 Å². The molecule has 6 rings (SSSR count). The molecule has 1 atom stereocenters. The van der Waals surface area contributed by atoms with Crippen LogP contribution in [0.1, 0.15) is 93.7 Å². The first-order chi connectivity index (χ1) is 26.5. The van der Waals surface area contributed by atoms with Crippen LogP contribution in [0.15, 0.2) is 182 Å². The van der Waals surface area contributed by atoms with E-state index in [0.29, 0.717) is 5.92 Å². The summed E-state index contributed by atoms with van der Waals surface area (Å²) in [6.45, 7) is 24.4. The molecule has 0 saturated carbocycles. The van der Waals surface area contributed by atoms with Gasteiger partial charge in [0.1, 0.15) is 0 Å². The monoisotopic (exact) mass is 705 g/mol. The molecule has 2 aliphatic rings. The maximum absolute atomic E-state index is 5.16. The Morgan fingerprint density at radius 3 is 2.41 bits per heavy atom. The highest BCUT2D eigenvalue weighted by molar-refractivity contribution is 6.04. The summed E-state index contributed by atoms with van der Waals surface area (Å²) in [6, 6.07) is 36.5. The minimum atomic E-state index is 0.324. The lowest BCUT2D eigenvalue weighted by molar-refractivity contribution is 0.968. The van der Waals surface area contributed by atoms with E-state index in [1.807, 2.05) is 58.0 Å². The molecule has 4 aromatic rings. The van der Waals surface area contributed by atoms with E-state index in [9.17, 15) is 0 Å². The molecule has 1 heteroatoms. The van der Waals surface area contributed by atoms with E-state index >= 15 is 0 Å². The van der Waals surface area contributed by atoms with Crippen molar-refractivity contribution in [2.45, 2.75) is 66.7 Å². The number of hydrogen-bond donors (Lipinski definition) is 0. The zero-order valence-electron chi connectivity index (χ0n) is 33.1. The molecule has 0 spiro atoms. The normalized spacial score (nSPS) is 16.5. The molecule has 4 aromatic carbocycles. The van der Waals surface area contributed by atoms with Crippen molar-refractivity contribution in [3.8, 4) is 11.1 Å². The second-order valence-electron chi connectivity index (χ2n) is 12.7. The highest BCUT2D eigenvalue weighted by atomic mass is 14.8. The maximum Gasteiger partial charge on any atom is 0.0718 e. The average Bonchev–Trinajstić information content (AvgIpc) is 3.24. The molecular weight excluding hydrogens is 651 g/mol. The van der Waals surface area contributed by atoms with Gasteiger partial charge in [-0.2, -0.15) is 0 Å². The molecule has 0 heterocycles. The fraction of sp³-hybridized carbons (Fsp3) is 0.189. The molecule has 272 valence electrons. The Morgan fingerprint density at radius 2 is 1.65 bits per heavy atom. The molecule has 0 N–H and O–H groups in total. The van der Waals surface area contributed by atoms with Crippen molar-refractivity contribution in [2.24, 2.45) is 4.99 Å². The van der Waals surface area contributed by atoms with Crippen LogP contribution in [-0.2, 0) is 6.42 Å². The van der Waals surface area contributed by atoms with E-state index in [-0.39, 0.29) is 0 Å². The Hall–Kier alpha value is -5.97. The van der Waals surface area contributed by atoms with Crippen LogP contribution in [0.4, 0.5) is 0 Å². The lowest BCUT2D eigenvalue weighted by Gasteiger charge is -2.21. The summed E-state index contributed by atoms with van der Waals surface area (Å²) in [7, 11) is 0. The lowest BCUT2D eigenvalue weighted by atomic mass is 9.83. The van der Waals surface area contributed by atoms with E-state index < -0.39 is 0 Å². The van der Waals surface area contributed by atoms with E-state index in [1.54, 1.807) is 12.2 Å². The van der Waals surface area contributed by atoms with Gasteiger partial charge in [0, 0.05) is 11.3 Å². The number of aliphatic imine (C=N–C) groups is 1. The molecule has 0 bridgehead atoms. The third-order valence-corrected chi connectivity index (χ3v) is 9.39. The highest BCUT2D eigenvalue weighted by Gasteiger charge is 2.18. The molecule has 0 radical (unpaired) electrons. The fourth-order valence-electron chi connectivity index (χ4n) is 6.70. The largest absolute Gasteiger partial charge is 0.252 e. The number of hydrogen-bond acceptors (Lipinski definition) is 1. The molecule has 0 saturated heterocycles. The van der Waals surface area contributed by atoms with Crippen molar-refractivity contribution in [1.82, 2.24) is 0 Å². The Morgan fingerprint density at radius 1 is 0.833 bits per heavy atom. The van der Waals surface area contributed by atoms with Gasteiger partial charge >= 0.3 is 0 Å². The van der Waals surface area contributed by atoms with E-state index in [0.717, 1.165) is 52.9 Å². The third-order valence-electron chi connectivity index (χ3n) is 9.39. The first-order valence-electron chi connectivity index (χ1n) is 19.3. The average molecular weight is 706 g/mol. The fourth-order valence-corrected chi connectivity index (χ4v) is 6.70. The van der Waals surface area contributed by atoms with Gasteiger partial charge in [0.05, 0.1) is 5.70 Å². The first-order valence-corrected chi connectivity index (χ1v) is 19.3. The minimum absolute atomic E-state index is 0.324. The highest BCUT2D eigenvalue weighted by Crippen LogP contribution is 2.39. The summed E-state index contributed by atoms with van der Waals surface area (Å²) in [6.07, 6.45) is 23.8. The van der Waals surface area contributed by atoms with Crippen molar-refractivity contribution in [3.63, 3.8) is 0 Å². The van der Waals surface area contributed by atoms with Crippen molar-refractivity contribution >= 4 is 22.6 Å². The molecule has 2 aliphatic carbocycles. The topological polar surface area (TPSA) is 12.4 Å². The minimum Gasteiger partial charge on any atom is -0.252 e. The number of nitrogens with zero attached hydrogens (tertiary/aromatic N) is 1. The van der Waals surface area contributed by atoms with Gasteiger partial charge in [-0.3, -0.25) is 4.99 Å². The summed E-state index contributed by atoms with van der Waals surface area (Å²) in [5.74, 6) is 0.324. The molecular formula is C53H55N. The van der Waals surface area contributed by atoms with E-state index in [4.69, 9.17) is 4.99 Å². The van der Waals surface area contributed by atoms with Crippen LogP contribution in [0, 0.1) is 12.1 Å². The van der Waals surface area contributed by atoms with Gasteiger partial charge in [-0.15, -0.1) is 0 Å². The second-order valence-corrected chi connectivity index (χ2v) is 12.7. The Kier molecular flexibility index (Phi) is 15.8. The second kappa shape index (κ2) is 20.9. The van der Waals surface area contributed by atoms with Crippen LogP contribution < -0.4 is 0 Å². The first kappa shape index (κ1) is 40.8. The quantitative estimate of drug-likeness (QED) is 0.121. The van der Waals surface area contributed by atoms with Crippen LogP contribution in [0.5, 0.6) is 0 Å². The molecule has 0 aromatic heterocycles. The van der Waals surface area contributed by atoms with Crippen LogP contribution >= 0.6 is 0 Å². The number of benzene rings is 3. The van der Waals surface area contributed by atoms with Crippen LogP contribution in [-0.4, -0.2) is 5.71 Å². The SMILES string of the molecule is C=C/C=C(\C=C)C(=C)/C=C(\N=C(C)c1cccc(C2=C(c3ccc4c(c3)-c3ccccc3C(C)/C=C\C=C/C4)CCC=C2)c1)c1cc#ccc1.CC.CC. The van der Waals surface area contributed by atoms with Gasteiger partial charge in [0.2, 0.25) is 0 Å². The molecule has 0 aliphatic heterocycles. The molecule has 1 nitrogen and oxygen atoms in total. The van der Waals surface area contributed by atoms with Crippen molar-refractivity contribution in [1.29, 1.82) is 0 Å². The van der Waals surface area contributed by atoms with Crippen LogP contribution in [0.3, 0.4) is 0 Å². The predicted molar refractivity (Wildman–Crippen MR) is 239 cm³/mol. The van der Waals surface area contributed by atoms with Crippen molar-refractivity contribution < 1.29 is 0 Å². The van der Waals surface area contributed by atoms with Gasteiger partial charge in [-0.05, 0) is 130 Å². The molecule has 54 heavy (non-hydrogen) atoms. The maximum atomic E-state index is 5.16. The Balaban J connectivity index is 0.00000157. The smallest absolute Gasteiger partial charge is 0.0718 e. The Bertz CT molecular complexity index is 2140. The van der Waals surface area contributed by atoms with Gasteiger partial charge in [-0.25, -0.2) is 0 Å². The molecule has 0 fully saturated rings. The number of rotatable bonds is 9. The standard InChI is InChI=1S/C49H43N.2C2H6/c1-6-19-38(7-2)36(4)32-49(40-22-12-9-13-23-40)50-37(5)41-24-18-25-42(33-41)45-27-15-16-28-46(45)43-31-30-39-21-11-8-10-20-35(3)44-26-14-17-29-47(44)48(39)34-43;2*1-2/h6-8,10-12,14-15,17-20,22-27,29-35H,1-2,4,16,21,28H2,3,5H3;2*1-2H3/b11-8-,20-10-,38-19+,49-32-,50-37?;;. The van der Waals surface area contributed by atoms with Crippen molar-refractivity contribution in [3.05, 3.63) is 222 Å². The van der Waals surface area contributed by atoms with Crippen molar-refractivity contribution in [2.75, 3.05) is 0 Å². The predicted octanol–water partition coefficient (Wildman–Crippen LogP) is 14.7. The third kappa shape index (κ3) is 10.1. The van der Waals surface area contributed by atoms with Gasteiger partial charge < -0.3 is 0 Å². The summed E-state index contributed by atoms with van der Waals surface area (Å²) in [5, 5.41) is 0. The van der Waals surface area contributed by atoms with E-state index in [1.165, 1.54) is 44.5 Å². The van der Waals surface area contributed by atoms with E-state index in [2.05, 4.69) is 149 Å². The summed E-state index contributed by atoms with van der Waals surface area (Å²) in [4.78, 5) is 5.16. The number of allylic oxidation sites excluding steroid dienone is 14. The van der Waals surface area contributed by atoms with Gasteiger partial charge in [0.25, 0.3) is 0 Å². The van der Waals surface area contributed by atoms with Gasteiger partial charge in [-0.1, -0.05) is 176 Å². The number of fused-ring (bicyclic) bond motifs is 3. The zero-order chi connectivity index (χ0) is 38.9. The summed E-state index contributed by atoms with van der Waals surface area (Å²) >= 11 is 0. The van der Waals surface area contributed by atoms with Crippen LogP contribution in [0.2, 0.25) is 0 Å². The molecule has 1 unspecified atom stereocenters. The summed E-state index contributed by atoms with van der Waals surface area (Å²) in [5.41, 5.74) is 15.9. The Labute approximate surface area is 326 Å². The molecule has 0 amide bonds. The lowest BCUT2D eigenvalue weighted by Crippen LogP contribution is -2.01. The van der Waals surface area contributed by atoms with Gasteiger partial charge in [0.15, 0.2) is 0 Å².